The lowest BCUT2D eigenvalue weighted by Gasteiger charge is -2.24. The fraction of sp³-hybridized carbons (Fsp3) is 0.250. The monoisotopic (exact) mass is 391 g/mol. The molecule has 1 heterocycles. The summed E-state index contributed by atoms with van der Waals surface area (Å²) in [5, 5.41) is 11.0. The van der Waals surface area contributed by atoms with Crippen LogP contribution in [0.5, 0.6) is 5.75 Å². The largest absolute Gasteiger partial charge is 0.507 e. The van der Waals surface area contributed by atoms with E-state index in [0.29, 0.717) is 12.2 Å². The van der Waals surface area contributed by atoms with Gasteiger partial charge in [0.25, 0.3) is 11.7 Å². The fourth-order valence-corrected chi connectivity index (χ4v) is 3.52. The Morgan fingerprint density at radius 3 is 2.55 bits per heavy atom. The van der Waals surface area contributed by atoms with E-state index in [9.17, 15) is 14.7 Å². The Balaban J connectivity index is 2.10. The summed E-state index contributed by atoms with van der Waals surface area (Å²) in [6.07, 6.45) is 2.47. The maximum atomic E-state index is 12.8. The van der Waals surface area contributed by atoms with Crippen molar-refractivity contribution >= 4 is 17.4 Å². The van der Waals surface area contributed by atoms with Crippen LogP contribution in [0.2, 0.25) is 0 Å². The lowest BCUT2D eigenvalue weighted by atomic mass is 9.95. The van der Waals surface area contributed by atoms with Gasteiger partial charge in [0.15, 0.2) is 0 Å². The van der Waals surface area contributed by atoms with Crippen LogP contribution in [0.25, 0.3) is 5.76 Å². The summed E-state index contributed by atoms with van der Waals surface area (Å²) in [5.41, 5.74) is 2.17. The minimum Gasteiger partial charge on any atom is -0.507 e. The minimum atomic E-state index is -0.692. The summed E-state index contributed by atoms with van der Waals surface area (Å²) in [5.74, 6) is -0.786. The van der Waals surface area contributed by atoms with E-state index in [-0.39, 0.29) is 17.9 Å². The van der Waals surface area contributed by atoms with E-state index in [4.69, 9.17) is 4.74 Å². The summed E-state index contributed by atoms with van der Waals surface area (Å²) in [6.45, 7) is 8.41. The average Bonchev–Trinajstić information content (AvgIpc) is 2.98. The van der Waals surface area contributed by atoms with E-state index in [1.54, 1.807) is 24.3 Å². The predicted octanol–water partition coefficient (Wildman–Crippen LogP) is 4.39. The zero-order chi connectivity index (χ0) is 21.0. The second-order valence-electron chi connectivity index (χ2n) is 6.98. The number of carbonyl (C=O) groups excluding carboxylic acids is 2. The van der Waals surface area contributed by atoms with Gasteiger partial charge in [-0.05, 0) is 42.7 Å². The van der Waals surface area contributed by atoms with E-state index in [1.807, 2.05) is 44.2 Å². The van der Waals surface area contributed by atoms with E-state index in [0.717, 1.165) is 23.3 Å². The van der Waals surface area contributed by atoms with Crippen LogP contribution in [0.3, 0.4) is 0 Å². The highest BCUT2D eigenvalue weighted by Crippen LogP contribution is 2.39. The SMILES string of the molecule is C=CCN1C(=O)C(=O)C(=C(O)c2ccc(OCCC)c(C)c2)[C@@H]1c1ccccc1. The van der Waals surface area contributed by atoms with Crippen LogP contribution in [0.15, 0.2) is 66.8 Å². The van der Waals surface area contributed by atoms with Crippen LogP contribution in [0.1, 0.15) is 36.1 Å². The molecule has 3 rings (SSSR count). The first-order valence-electron chi connectivity index (χ1n) is 9.67. The maximum absolute atomic E-state index is 12.8. The number of hydrogen-bond acceptors (Lipinski definition) is 4. The molecule has 1 N–H and O–H groups in total. The third kappa shape index (κ3) is 3.94. The highest BCUT2D eigenvalue weighted by atomic mass is 16.5. The van der Waals surface area contributed by atoms with Crippen molar-refractivity contribution in [3.05, 3.63) is 83.4 Å². The van der Waals surface area contributed by atoms with Crippen LogP contribution < -0.4 is 4.74 Å². The summed E-state index contributed by atoms with van der Waals surface area (Å²) >= 11 is 0. The Kier molecular flexibility index (Phi) is 6.17. The standard InChI is InChI=1S/C24H25NO4/c1-4-13-25-21(17-9-7-6-8-10-17)20(23(27)24(25)28)22(26)18-11-12-19(16(3)15-18)29-14-5-2/h4,6-12,15,21,26H,1,5,13-14H2,2-3H3/t21-/m0/s1. The highest BCUT2D eigenvalue weighted by molar-refractivity contribution is 6.46. The third-order valence-corrected chi connectivity index (χ3v) is 4.89. The van der Waals surface area contributed by atoms with Gasteiger partial charge in [-0.15, -0.1) is 6.58 Å². The van der Waals surface area contributed by atoms with Crippen molar-refractivity contribution in [2.24, 2.45) is 0 Å². The molecule has 0 unspecified atom stereocenters. The molecular weight excluding hydrogens is 366 g/mol. The first kappa shape index (κ1) is 20.4. The van der Waals surface area contributed by atoms with Gasteiger partial charge in [-0.3, -0.25) is 9.59 Å². The smallest absolute Gasteiger partial charge is 0.295 e. The number of aryl methyl sites for hydroxylation is 1. The number of rotatable bonds is 7. The van der Waals surface area contributed by atoms with E-state index in [2.05, 4.69) is 6.58 Å². The van der Waals surface area contributed by atoms with Crippen molar-refractivity contribution in [2.75, 3.05) is 13.2 Å². The Morgan fingerprint density at radius 1 is 1.21 bits per heavy atom. The number of carbonyl (C=O) groups is 2. The molecule has 0 aliphatic carbocycles. The van der Waals surface area contributed by atoms with Gasteiger partial charge < -0.3 is 14.7 Å². The van der Waals surface area contributed by atoms with Gasteiger partial charge in [0.05, 0.1) is 18.2 Å². The molecule has 2 aromatic carbocycles. The highest BCUT2D eigenvalue weighted by Gasteiger charge is 2.45. The number of likely N-dealkylation sites (tertiary alicyclic amines) is 1. The molecule has 0 saturated carbocycles. The van der Waals surface area contributed by atoms with Gasteiger partial charge in [0.2, 0.25) is 0 Å². The minimum absolute atomic E-state index is 0.0877. The van der Waals surface area contributed by atoms with Crippen molar-refractivity contribution in [2.45, 2.75) is 26.3 Å². The number of aliphatic hydroxyl groups is 1. The number of aliphatic hydroxyl groups excluding tert-OH is 1. The van der Waals surface area contributed by atoms with Gasteiger partial charge >= 0.3 is 0 Å². The van der Waals surface area contributed by atoms with E-state index < -0.39 is 17.7 Å². The second-order valence-corrected chi connectivity index (χ2v) is 6.98. The van der Waals surface area contributed by atoms with Crippen LogP contribution in [0.4, 0.5) is 0 Å². The van der Waals surface area contributed by atoms with Crippen LogP contribution in [0, 0.1) is 6.92 Å². The number of nitrogens with zero attached hydrogens (tertiary/aromatic N) is 1. The molecule has 0 bridgehead atoms. The van der Waals surface area contributed by atoms with Gasteiger partial charge in [0.1, 0.15) is 11.5 Å². The molecule has 1 aliphatic rings. The number of hydrogen-bond donors (Lipinski definition) is 1. The van der Waals surface area contributed by atoms with Gasteiger partial charge in [-0.1, -0.05) is 43.3 Å². The van der Waals surface area contributed by atoms with Gasteiger partial charge in [-0.2, -0.15) is 0 Å². The molecule has 0 aromatic heterocycles. The zero-order valence-corrected chi connectivity index (χ0v) is 16.7. The maximum Gasteiger partial charge on any atom is 0.295 e. The molecule has 5 heteroatoms. The molecule has 0 radical (unpaired) electrons. The van der Waals surface area contributed by atoms with Crippen molar-refractivity contribution in [3.63, 3.8) is 0 Å². The Bertz CT molecular complexity index is 962. The lowest BCUT2D eigenvalue weighted by Crippen LogP contribution is -2.29. The molecule has 5 nitrogen and oxygen atoms in total. The lowest BCUT2D eigenvalue weighted by molar-refractivity contribution is -0.139. The number of ketones is 1. The predicted molar refractivity (Wildman–Crippen MR) is 113 cm³/mol. The molecule has 0 spiro atoms. The van der Waals surface area contributed by atoms with Crippen LogP contribution in [-0.4, -0.2) is 34.8 Å². The summed E-state index contributed by atoms with van der Waals surface area (Å²) in [6, 6.07) is 13.8. The second kappa shape index (κ2) is 8.78. The fourth-order valence-electron chi connectivity index (χ4n) is 3.52. The molecule has 29 heavy (non-hydrogen) atoms. The topological polar surface area (TPSA) is 66.8 Å². The molecule has 1 fully saturated rings. The molecule has 1 saturated heterocycles. The molecule has 1 aliphatic heterocycles. The first-order chi connectivity index (χ1) is 14.0. The average molecular weight is 391 g/mol. The summed E-state index contributed by atoms with van der Waals surface area (Å²) < 4.78 is 5.69. The Hall–Kier alpha value is -3.34. The van der Waals surface area contributed by atoms with Gasteiger partial charge in [-0.25, -0.2) is 0 Å². The number of Topliss-reactive ketones (excluding diaryl/α,β-unsaturated/α-hetero) is 1. The van der Waals surface area contributed by atoms with E-state index >= 15 is 0 Å². The van der Waals surface area contributed by atoms with Gasteiger partial charge in [0, 0.05) is 12.1 Å². The molecule has 1 atom stereocenters. The molecule has 150 valence electrons. The number of ether oxygens (including phenoxy) is 1. The Labute approximate surface area is 170 Å². The van der Waals surface area contributed by atoms with E-state index in [1.165, 1.54) is 4.90 Å². The molecular formula is C24H25NO4. The van der Waals surface area contributed by atoms with Crippen molar-refractivity contribution in [3.8, 4) is 5.75 Å². The van der Waals surface area contributed by atoms with Crippen molar-refractivity contribution in [1.29, 1.82) is 0 Å². The van der Waals surface area contributed by atoms with Crippen molar-refractivity contribution < 1.29 is 19.4 Å². The summed E-state index contributed by atoms with van der Waals surface area (Å²) in [7, 11) is 0. The molecule has 2 aromatic rings. The first-order valence-corrected chi connectivity index (χ1v) is 9.67. The van der Waals surface area contributed by atoms with Crippen LogP contribution in [-0.2, 0) is 9.59 Å². The quantitative estimate of drug-likeness (QED) is 0.329. The van der Waals surface area contributed by atoms with Crippen molar-refractivity contribution in [1.82, 2.24) is 4.90 Å². The zero-order valence-electron chi connectivity index (χ0n) is 16.7. The third-order valence-electron chi connectivity index (χ3n) is 4.89. The summed E-state index contributed by atoms with van der Waals surface area (Å²) in [4.78, 5) is 26.9. The number of benzene rings is 2. The Morgan fingerprint density at radius 2 is 1.93 bits per heavy atom. The van der Waals surface area contributed by atoms with Crippen LogP contribution >= 0.6 is 0 Å². The molecule has 1 amide bonds. The number of amides is 1. The normalized spacial score (nSPS) is 18.1.